The molecule has 12 amide bonds. The molecule has 3 heterocycles. The first-order valence-corrected chi connectivity index (χ1v) is 39.4. The van der Waals surface area contributed by atoms with Crippen LogP contribution in [0.15, 0.2) is 48.5 Å². The van der Waals surface area contributed by atoms with Crippen molar-refractivity contribution >= 4 is 138 Å². The minimum absolute atomic E-state index is 0. The second kappa shape index (κ2) is 53.4. The van der Waals surface area contributed by atoms with Crippen LogP contribution in [0.1, 0.15) is 120 Å². The maximum atomic E-state index is 14.5. The van der Waals surface area contributed by atoms with Crippen LogP contribution >= 0.6 is 0 Å². The number of carbonyl (C=O) groups is 18. The molecule has 122 heavy (non-hydrogen) atoms. The molecule has 3 aliphatic heterocycles. The van der Waals surface area contributed by atoms with Gasteiger partial charge in [0, 0.05) is 103 Å². The molecule has 0 bridgehead atoms. The van der Waals surface area contributed by atoms with Crippen molar-refractivity contribution in [3.8, 4) is 11.5 Å². The Morgan fingerprint density at radius 2 is 0.770 bits per heavy atom. The van der Waals surface area contributed by atoms with Crippen LogP contribution in [-0.4, -0.2) is 335 Å². The number of nitrogens with two attached hydrogens (primary N) is 2. The number of phenols is 2. The first-order valence-electron chi connectivity index (χ1n) is 39.4. The van der Waals surface area contributed by atoms with Gasteiger partial charge in [0.15, 0.2) is 11.9 Å². The average molecular weight is 1770 g/mol. The molecule has 2 aromatic carbocycles. The fourth-order valence-corrected chi connectivity index (χ4v) is 13.3. The van der Waals surface area contributed by atoms with E-state index in [1.165, 1.54) is 63.2 Å². The van der Waals surface area contributed by atoms with Gasteiger partial charge in [-0.1, -0.05) is 24.3 Å². The maximum Gasteiger partial charge on any atom is 3.00 e. The molecule has 27 N–H and O–H groups in total. The zero-order valence-electron chi connectivity index (χ0n) is 67.3. The van der Waals surface area contributed by atoms with E-state index in [2.05, 4.69) is 74.4 Å². The van der Waals surface area contributed by atoms with Crippen LogP contribution in [0.2, 0.25) is 0 Å². The third-order valence-corrected chi connectivity index (χ3v) is 19.7. The number of ketones is 1. The third kappa shape index (κ3) is 39.3. The molecule has 1 unspecified atom stereocenters. The number of hydrogen-bond acceptors (Lipinski definition) is 25. The number of benzene rings is 2. The molecule has 5 rings (SSSR count). The summed E-state index contributed by atoms with van der Waals surface area (Å²) in [5.74, 6) is -21.3. The number of guanidine groups is 2. The Kier molecular flexibility index (Phi) is 44.7. The normalized spacial score (nSPS) is 20.9. The Hall–Kier alpha value is -12.2. The molecule has 3 saturated heterocycles. The fourth-order valence-electron chi connectivity index (χ4n) is 13.3. The van der Waals surface area contributed by atoms with Gasteiger partial charge in [-0.3, -0.25) is 112 Å². The van der Waals surface area contributed by atoms with Crippen molar-refractivity contribution in [2.24, 2.45) is 17.4 Å². The summed E-state index contributed by atoms with van der Waals surface area (Å²) in [6, 6.07) is -3.17. The van der Waals surface area contributed by atoms with E-state index >= 15 is 0 Å². The van der Waals surface area contributed by atoms with E-state index in [0.717, 1.165) is 0 Å². The number of carboxylic acids is 5. The zero-order valence-corrected chi connectivity index (χ0v) is 69.7. The molecule has 47 heteroatoms. The van der Waals surface area contributed by atoms with E-state index in [-0.39, 0.29) is 187 Å². The van der Waals surface area contributed by atoms with Gasteiger partial charge >= 0.3 is 49.6 Å². The third-order valence-electron chi connectivity index (χ3n) is 19.7. The second-order valence-corrected chi connectivity index (χ2v) is 29.3. The predicted molar refractivity (Wildman–Crippen MR) is 430 cm³/mol. The van der Waals surface area contributed by atoms with E-state index in [9.17, 15) is 122 Å². The number of amides is 12. The minimum Gasteiger partial charge on any atom is -0.508 e. The van der Waals surface area contributed by atoms with Crippen molar-refractivity contribution in [2.75, 3.05) is 91.6 Å². The maximum absolute atomic E-state index is 14.5. The first-order chi connectivity index (χ1) is 57.4. The summed E-state index contributed by atoms with van der Waals surface area (Å²) >= 11 is 0. The summed E-state index contributed by atoms with van der Waals surface area (Å²) in [6.07, 6.45) is -5.06. The summed E-state index contributed by atoms with van der Waals surface area (Å²) in [4.78, 5) is 247. The van der Waals surface area contributed by atoms with Crippen LogP contribution in [0.25, 0.3) is 0 Å². The van der Waals surface area contributed by atoms with Crippen molar-refractivity contribution in [1.29, 1.82) is 10.8 Å². The molecule has 0 saturated carbocycles. The monoisotopic (exact) mass is 1770 g/mol. The molecule has 0 spiro atoms. The Morgan fingerprint density at radius 1 is 0.418 bits per heavy atom. The Morgan fingerprint density at radius 3 is 1.16 bits per heavy atom. The summed E-state index contributed by atoms with van der Waals surface area (Å²) in [7, 11) is 0. The molecule has 0 radical (unpaired) electrons. The quantitative estimate of drug-likeness (QED) is 0.0127. The van der Waals surface area contributed by atoms with Gasteiger partial charge in [0.1, 0.15) is 71.7 Å². The van der Waals surface area contributed by atoms with Gasteiger partial charge in [-0.05, 0) is 112 Å². The van der Waals surface area contributed by atoms with Gasteiger partial charge < -0.3 is 122 Å². The van der Waals surface area contributed by atoms with Crippen LogP contribution in [0.5, 0.6) is 11.5 Å². The molecular formula is C75H111GaN21O25+3. The van der Waals surface area contributed by atoms with Crippen LogP contribution in [0.4, 0.5) is 0 Å². The van der Waals surface area contributed by atoms with E-state index in [0.29, 0.717) is 11.1 Å². The van der Waals surface area contributed by atoms with Gasteiger partial charge in [-0.25, -0.2) is 0 Å². The Balaban J connectivity index is 0.0000312. The topological polar surface area (TPSA) is 727 Å². The van der Waals surface area contributed by atoms with Crippen molar-refractivity contribution in [3.63, 3.8) is 0 Å². The summed E-state index contributed by atoms with van der Waals surface area (Å²) < 4.78 is 0. The molecule has 0 aromatic heterocycles. The SMILES string of the molecule is N=C(N)NCCC[C@@H]1NC(=O)[C@H](CCCCNC(=O)CC[C@@H](CC(=O)CCC(C(=O)O)N2CCN(CC(=O)O)CCN(CC(=O)O)CC2)C(=O)NCCCC[C@H]2NC(=O)[C@H](Cc3ccc(O)cc3)NC(=O)[C@@H](CC(=O)O)NC(=O)CNC(=O)[C@@H](CCCNC(=N)N)NC2=O)NC(=O)[C@@H](Cc2ccc(O)cc2)NC(=O)[C@H](CC(=O)O)NC(=O)CNC1=O.[68Ga+3]. The molecule has 3 fully saturated rings. The molecular weight excluding hydrogens is 1660 g/mol. The van der Waals surface area contributed by atoms with Crippen LogP contribution in [0, 0.1) is 16.7 Å². The number of nitrogens with zero attached hydrogens (tertiary/aromatic N) is 3. The van der Waals surface area contributed by atoms with Crippen molar-refractivity contribution in [3.05, 3.63) is 59.7 Å². The summed E-state index contributed by atoms with van der Waals surface area (Å²) in [5, 5.41) is 119. The van der Waals surface area contributed by atoms with E-state index in [4.69, 9.17) is 22.3 Å². The Labute approximate surface area is 713 Å². The largest absolute Gasteiger partial charge is 3.00 e. The fraction of sp³-hybridized carbons (Fsp3) is 0.573. The molecule has 46 nitrogen and oxygen atoms in total. The Bertz CT molecular complexity index is 3970. The van der Waals surface area contributed by atoms with Crippen molar-refractivity contribution in [1.82, 2.24) is 89.1 Å². The number of nitrogens with one attached hydrogen (secondary N) is 16. The number of rotatable bonds is 41. The molecule has 2 aromatic rings. The molecule has 0 aliphatic carbocycles. The number of aliphatic carboxylic acids is 5. The van der Waals surface area contributed by atoms with Crippen molar-refractivity contribution < 1.29 is 122 Å². The number of Topliss-reactive ketones (excluding diaryl/α,β-unsaturated/α-hetero) is 1. The van der Waals surface area contributed by atoms with E-state index in [1.54, 1.807) is 0 Å². The summed E-state index contributed by atoms with van der Waals surface area (Å²) in [5.41, 5.74) is 11.6. The second-order valence-electron chi connectivity index (χ2n) is 29.3. The summed E-state index contributed by atoms with van der Waals surface area (Å²) in [6.45, 7) is -2.34. The number of hydrogen-bond donors (Lipinski definition) is 25. The molecule has 10 atom stereocenters. The standard InChI is InChI=1S/C75H111N21O25.Ga/c76-74(77)82-25-5-9-48-65(112)84-38-58(101)86-54(36-60(103)104)71(118)92-52(33-42-11-16-45(97)17-12-42)69(116)90-50(67(114)88-48)7-1-3-23-80-57(100)22-15-44(35-47(99)20-21-56(73(120)121)96-31-29-94(40-62(107)108)27-28-95(30-32-96)41-63(109)110)64(111)81-24-4-2-8-51-68(115)89-49(10-6-26-83-75(78)79)66(113)85-39-59(102)87-55(37-61(105)106)72(119)93-53(70(117)91-51)34-43-13-18-46(98)19-14-43;/h11-14,16-19,44,48-56,97-98H,1-10,15,20-41H2,(H,80,100)(H,81,111)(H,84,112)(H,85,113)(H,86,101)(H,87,102)(H,88,114)(H,89,115)(H,90,116)(H,91,117)(H,92,118)(H,93,119)(H,103,104)(H,105,106)(H,107,108)(H,109,110)(H,120,121)(H4,76,77,82)(H4,78,79,83);/q;+3/t44-,48-,49+,50-,51+,52+,53-,54-,55+,56?;/m0./s1/i;1-2. The van der Waals surface area contributed by atoms with Gasteiger partial charge in [0.05, 0.1) is 39.0 Å². The van der Waals surface area contributed by atoms with Gasteiger partial charge in [0.2, 0.25) is 70.9 Å². The van der Waals surface area contributed by atoms with E-state index < -0.39 is 237 Å². The smallest absolute Gasteiger partial charge is 0.508 e. The zero-order chi connectivity index (χ0) is 89.3. The number of unbranched alkanes of at least 4 members (excludes halogenated alkanes) is 2. The molecule has 666 valence electrons. The number of phenolic OH excluding ortho intramolecular Hbond substituents is 2. The van der Waals surface area contributed by atoms with Crippen molar-refractivity contribution in [2.45, 2.75) is 176 Å². The first kappa shape index (κ1) is 102. The van der Waals surface area contributed by atoms with Gasteiger partial charge in [-0.15, -0.1) is 0 Å². The van der Waals surface area contributed by atoms with Crippen LogP contribution in [0.3, 0.4) is 0 Å². The predicted octanol–water partition coefficient (Wildman–Crippen LogP) is -7.63. The van der Waals surface area contributed by atoms with Gasteiger partial charge in [0.25, 0.3) is 0 Å². The van der Waals surface area contributed by atoms with Crippen LogP contribution < -0.4 is 85.9 Å². The van der Waals surface area contributed by atoms with Gasteiger partial charge in [-0.2, -0.15) is 0 Å². The van der Waals surface area contributed by atoms with Crippen LogP contribution in [-0.2, 0) is 99.1 Å². The number of aromatic hydroxyl groups is 2. The van der Waals surface area contributed by atoms with E-state index in [1.807, 2.05) is 0 Å². The number of carboxylic acid groups (broad SMARTS) is 5. The minimum atomic E-state index is -1.80. The molecule has 3 aliphatic rings. The average Bonchev–Trinajstić information content (AvgIpc) is 1.38. The number of carbonyl (C=O) groups excluding carboxylic acids is 13.